The number of alkyl halides is 2. The van der Waals surface area contributed by atoms with E-state index in [-0.39, 0.29) is 43.6 Å². The second-order valence-electron chi connectivity index (χ2n) is 11.9. The van der Waals surface area contributed by atoms with Crippen LogP contribution in [0.5, 0.6) is 0 Å². The summed E-state index contributed by atoms with van der Waals surface area (Å²) in [5, 5.41) is 8.80. The van der Waals surface area contributed by atoms with Crippen molar-refractivity contribution in [1.29, 1.82) is 0 Å². The second kappa shape index (κ2) is 8.89. The molecule has 3 saturated carbocycles. The van der Waals surface area contributed by atoms with Crippen LogP contribution in [0, 0.1) is 28.6 Å². The fraction of sp³-hybridized carbons (Fsp3) is 0.714. The molecule has 38 heavy (non-hydrogen) atoms. The number of cyclic esters (lactones) is 1. The summed E-state index contributed by atoms with van der Waals surface area (Å²) in [6, 6.07) is 0. The highest BCUT2D eigenvalue weighted by Gasteiger charge is 2.77. The molecule has 0 spiro atoms. The quantitative estimate of drug-likeness (QED) is 0.499. The largest absolute Gasteiger partial charge is 0.508 e. The van der Waals surface area contributed by atoms with Gasteiger partial charge in [-0.2, -0.15) is 0 Å². The Morgan fingerprint density at radius 3 is 2.53 bits per heavy atom. The lowest BCUT2D eigenvalue weighted by atomic mass is 9.44. The maximum absolute atomic E-state index is 17.4. The minimum absolute atomic E-state index is 0.0260. The molecule has 4 fully saturated rings. The number of hydrogen-bond acceptors (Lipinski definition) is 8. The molecule has 0 aromatic heterocycles. The van der Waals surface area contributed by atoms with Gasteiger partial charge < -0.3 is 14.6 Å². The molecule has 1 N–H and O–H groups in total. The van der Waals surface area contributed by atoms with E-state index in [4.69, 9.17) is 9.47 Å². The summed E-state index contributed by atoms with van der Waals surface area (Å²) < 4.78 is 44.2. The van der Waals surface area contributed by atoms with Crippen LogP contribution < -0.4 is 0 Å². The number of rotatable bonds is 4. The van der Waals surface area contributed by atoms with E-state index < -0.39 is 74.1 Å². The third-order valence-electron chi connectivity index (χ3n) is 10.3. The Morgan fingerprint density at radius 1 is 1.18 bits per heavy atom. The first-order valence-electron chi connectivity index (χ1n) is 13.4. The average molecular weight is 553 g/mol. The van der Waals surface area contributed by atoms with Gasteiger partial charge in [-0.15, -0.1) is 0 Å². The maximum Gasteiger partial charge on any atom is 0.319 e. The van der Waals surface area contributed by atoms with Crippen molar-refractivity contribution in [3.63, 3.8) is 0 Å². The van der Waals surface area contributed by atoms with Crippen LogP contribution in [0.1, 0.15) is 66.2 Å². The molecule has 0 radical (unpaired) electrons. The lowest BCUT2D eigenvalue weighted by molar-refractivity contribution is -0.202. The van der Waals surface area contributed by atoms with E-state index in [1.165, 1.54) is 13.0 Å². The molecule has 4 unspecified atom stereocenters. The minimum atomic E-state index is -2.12. The zero-order valence-corrected chi connectivity index (χ0v) is 22.9. The Labute approximate surface area is 224 Å². The Bertz CT molecular complexity index is 1170. The molecular formula is C28H34F2O7S. The summed E-state index contributed by atoms with van der Waals surface area (Å²) in [6.45, 7) is 6.84. The van der Waals surface area contributed by atoms with Crippen molar-refractivity contribution in [3.05, 3.63) is 23.5 Å². The van der Waals surface area contributed by atoms with E-state index >= 15 is 8.78 Å². The normalized spacial score (nSPS) is 45.8. The molecule has 1 aliphatic heterocycles. The molecule has 5 rings (SSSR count). The van der Waals surface area contributed by atoms with Crippen LogP contribution in [-0.4, -0.2) is 57.2 Å². The zero-order valence-electron chi connectivity index (χ0n) is 22.1. The molecule has 10 heteroatoms. The number of carbonyl (C=O) groups is 4. The third-order valence-corrected chi connectivity index (χ3v) is 11.6. The van der Waals surface area contributed by atoms with Gasteiger partial charge in [0.2, 0.25) is 5.12 Å². The lowest BCUT2D eigenvalue weighted by Gasteiger charge is -2.61. The molecule has 4 aliphatic carbocycles. The van der Waals surface area contributed by atoms with Crippen LogP contribution in [0.4, 0.5) is 8.78 Å². The van der Waals surface area contributed by atoms with Gasteiger partial charge in [0.25, 0.3) is 0 Å². The highest BCUT2D eigenvalue weighted by molar-refractivity contribution is 8.14. The van der Waals surface area contributed by atoms with Crippen molar-refractivity contribution in [2.45, 2.75) is 88.9 Å². The molecule has 0 amide bonds. The van der Waals surface area contributed by atoms with Crippen molar-refractivity contribution in [2.75, 3.05) is 6.61 Å². The molecule has 7 nitrogen and oxygen atoms in total. The van der Waals surface area contributed by atoms with Crippen LogP contribution in [0.25, 0.3) is 0 Å². The number of fused-ring (bicyclic) bond motifs is 5. The number of hydrogen-bond donors (Lipinski definition) is 1. The predicted molar refractivity (Wildman–Crippen MR) is 134 cm³/mol. The lowest BCUT2D eigenvalue weighted by Crippen LogP contribution is -2.67. The number of carbonyl (C=O) groups excluding carboxylic acids is 4. The maximum atomic E-state index is 17.4. The van der Waals surface area contributed by atoms with Gasteiger partial charge in [-0.05, 0) is 50.2 Å². The van der Waals surface area contributed by atoms with Crippen LogP contribution in [-0.2, 0) is 28.7 Å². The number of halogens is 2. The molecule has 1 heterocycles. The van der Waals surface area contributed by atoms with E-state index in [0.717, 1.165) is 17.8 Å². The van der Waals surface area contributed by atoms with Crippen molar-refractivity contribution < 1.29 is 42.5 Å². The van der Waals surface area contributed by atoms with Gasteiger partial charge in [0, 0.05) is 36.2 Å². The van der Waals surface area contributed by atoms with E-state index in [1.54, 1.807) is 13.8 Å². The fourth-order valence-corrected chi connectivity index (χ4v) is 9.54. The number of aliphatic hydroxyl groups excluding tert-OH is 1. The number of allylic oxidation sites excluding steroid dienone is 3. The number of ether oxygens (including phenoxy) is 2. The molecule has 9 atom stereocenters. The van der Waals surface area contributed by atoms with Gasteiger partial charge in [-0.1, -0.05) is 32.5 Å². The van der Waals surface area contributed by atoms with Gasteiger partial charge in [0.15, 0.2) is 11.4 Å². The topological polar surface area (TPSA) is 107 Å². The minimum Gasteiger partial charge on any atom is -0.508 e. The average Bonchev–Trinajstić information content (AvgIpc) is 3.36. The van der Waals surface area contributed by atoms with E-state index in [0.29, 0.717) is 12.8 Å². The van der Waals surface area contributed by atoms with Crippen LogP contribution in [0.15, 0.2) is 23.5 Å². The summed E-state index contributed by atoms with van der Waals surface area (Å²) >= 11 is 0.812. The molecule has 5 aliphatic rings. The van der Waals surface area contributed by atoms with Crippen LogP contribution >= 0.6 is 11.8 Å². The SMILES string of the molecule is CCC(=O)OC1(C(=O)S[C@H]2CCOC2=O)C(C)C[C@H]2[C@@H]3CC(F)C4=CC(O)=CC(=O)[C@]4(C)C3(F)CC[C@@]21C. The predicted octanol–water partition coefficient (Wildman–Crippen LogP) is 4.73. The van der Waals surface area contributed by atoms with E-state index in [1.807, 2.05) is 6.92 Å². The Hall–Kier alpha value is -2.23. The standard InChI is InChI=1S/C28H34F2O7S/c1-5-22(33)37-28(24(35)38-20-6-9-36-23(20)34)14(2)10-16-17-13-19(29)18-11-15(31)12-21(32)26(18,4)27(17,30)8-7-25(16,28)3/h11-12,14,16-17,19-20,31H,5-10,13H2,1-4H3/t14?,16-,17-,19?,20-,25-,26+,27?,28?/m0/s1. The molecule has 1 saturated heterocycles. The van der Waals surface area contributed by atoms with Crippen molar-refractivity contribution in [2.24, 2.45) is 28.6 Å². The molecular weight excluding hydrogens is 518 g/mol. The van der Waals surface area contributed by atoms with Crippen molar-refractivity contribution in [3.8, 4) is 0 Å². The summed E-state index contributed by atoms with van der Waals surface area (Å²) in [4.78, 5) is 52.2. The highest BCUT2D eigenvalue weighted by atomic mass is 32.2. The van der Waals surface area contributed by atoms with Crippen molar-refractivity contribution in [1.82, 2.24) is 0 Å². The Balaban J connectivity index is 1.58. The summed E-state index contributed by atoms with van der Waals surface area (Å²) in [5.41, 5.74) is -6.64. The Kier molecular flexibility index (Phi) is 6.40. The summed E-state index contributed by atoms with van der Waals surface area (Å²) in [7, 11) is 0. The molecule has 0 bridgehead atoms. The number of esters is 2. The monoisotopic (exact) mass is 552 g/mol. The number of ketones is 1. The summed E-state index contributed by atoms with van der Waals surface area (Å²) in [6.07, 6.45) is 0.917. The fourth-order valence-electron chi connectivity index (χ4n) is 8.25. The Morgan fingerprint density at radius 2 is 1.89 bits per heavy atom. The van der Waals surface area contributed by atoms with E-state index in [9.17, 15) is 24.3 Å². The molecule has 0 aromatic rings. The number of aliphatic hydroxyl groups is 1. The molecule has 208 valence electrons. The third kappa shape index (κ3) is 3.37. The van der Waals surface area contributed by atoms with Crippen molar-refractivity contribution >= 4 is 34.6 Å². The zero-order chi connectivity index (χ0) is 27.8. The van der Waals surface area contributed by atoms with Gasteiger partial charge in [0.1, 0.15) is 22.8 Å². The first kappa shape index (κ1) is 27.3. The van der Waals surface area contributed by atoms with Crippen LogP contribution in [0.2, 0.25) is 0 Å². The first-order chi connectivity index (χ1) is 17.8. The summed E-state index contributed by atoms with van der Waals surface area (Å²) in [5.74, 6) is -4.15. The molecule has 0 aromatic carbocycles. The highest BCUT2D eigenvalue weighted by Crippen LogP contribution is 2.72. The second-order valence-corrected chi connectivity index (χ2v) is 13.1. The first-order valence-corrected chi connectivity index (χ1v) is 14.2. The number of thioether (sulfide) groups is 1. The van der Waals surface area contributed by atoms with Gasteiger partial charge in [-0.3, -0.25) is 19.2 Å². The smallest absolute Gasteiger partial charge is 0.319 e. The van der Waals surface area contributed by atoms with Gasteiger partial charge >= 0.3 is 11.9 Å². The van der Waals surface area contributed by atoms with Crippen LogP contribution in [0.3, 0.4) is 0 Å². The van der Waals surface area contributed by atoms with E-state index in [2.05, 4.69) is 0 Å². The van der Waals surface area contributed by atoms with Gasteiger partial charge in [-0.25, -0.2) is 8.78 Å². The van der Waals surface area contributed by atoms with Gasteiger partial charge in [0.05, 0.1) is 12.0 Å².